The summed E-state index contributed by atoms with van der Waals surface area (Å²) in [6, 6.07) is 14.3. The van der Waals surface area contributed by atoms with Crippen molar-refractivity contribution in [3.63, 3.8) is 0 Å². The molecule has 1 fully saturated rings. The minimum Gasteiger partial charge on any atom is -0.497 e. The van der Waals surface area contributed by atoms with Gasteiger partial charge in [0.15, 0.2) is 0 Å². The van der Waals surface area contributed by atoms with Crippen molar-refractivity contribution in [2.45, 2.75) is 12.5 Å². The SMILES string of the molecule is COc1ccc(C2CN(C(=O)CCN3C(=O)c4ccccc4C3=O)CCO2)cc1. The van der Waals surface area contributed by atoms with Crippen molar-refractivity contribution in [2.24, 2.45) is 0 Å². The van der Waals surface area contributed by atoms with Crippen molar-refractivity contribution >= 4 is 17.7 Å². The minimum atomic E-state index is -0.337. The second-order valence-corrected chi connectivity index (χ2v) is 7.03. The van der Waals surface area contributed by atoms with Crippen LogP contribution in [0.2, 0.25) is 0 Å². The summed E-state index contributed by atoms with van der Waals surface area (Å²) in [6.07, 6.45) is -0.112. The van der Waals surface area contributed by atoms with Crippen molar-refractivity contribution in [1.29, 1.82) is 0 Å². The first-order valence-electron chi connectivity index (χ1n) is 9.57. The molecule has 7 nitrogen and oxygen atoms in total. The number of imide groups is 1. The van der Waals surface area contributed by atoms with Crippen molar-refractivity contribution in [2.75, 3.05) is 33.4 Å². The zero-order valence-corrected chi connectivity index (χ0v) is 16.2. The van der Waals surface area contributed by atoms with Crippen molar-refractivity contribution in [3.05, 3.63) is 65.2 Å². The molecule has 0 aromatic heterocycles. The van der Waals surface area contributed by atoms with Crippen LogP contribution >= 0.6 is 0 Å². The van der Waals surface area contributed by atoms with Gasteiger partial charge in [-0.15, -0.1) is 0 Å². The largest absolute Gasteiger partial charge is 0.497 e. The molecule has 0 spiro atoms. The van der Waals surface area contributed by atoms with Gasteiger partial charge in [0.1, 0.15) is 11.9 Å². The molecule has 2 aromatic carbocycles. The van der Waals surface area contributed by atoms with E-state index in [1.54, 1.807) is 36.3 Å². The average molecular weight is 394 g/mol. The average Bonchev–Trinajstić information content (AvgIpc) is 3.02. The van der Waals surface area contributed by atoms with E-state index in [1.165, 1.54) is 0 Å². The van der Waals surface area contributed by atoms with Crippen molar-refractivity contribution in [3.8, 4) is 5.75 Å². The lowest BCUT2D eigenvalue weighted by atomic mass is 10.1. The molecule has 2 aromatic rings. The topological polar surface area (TPSA) is 76.2 Å². The van der Waals surface area contributed by atoms with E-state index in [9.17, 15) is 14.4 Å². The van der Waals surface area contributed by atoms with E-state index in [0.717, 1.165) is 16.2 Å². The maximum Gasteiger partial charge on any atom is 0.261 e. The Morgan fingerprint density at radius 1 is 1.07 bits per heavy atom. The van der Waals surface area contributed by atoms with Crippen LogP contribution in [0.5, 0.6) is 5.75 Å². The Labute approximate surface area is 168 Å². The number of nitrogens with zero attached hydrogens (tertiary/aromatic N) is 2. The van der Waals surface area contributed by atoms with Gasteiger partial charge in [0.05, 0.1) is 31.4 Å². The molecule has 0 radical (unpaired) electrons. The van der Waals surface area contributed by atoms with Gasteiger partial charge >= 0.3 is 0 Å². The molecule has 0 saturated carbocycles. The van der Waals surface area contributed by atoms with Crippen molar-refractivity contribution in [1.82, 2.24) is 9.80 Å². The normalized spacial score (nSPS) is 18.7. The molecular formula is C22H22N2O5. The van der Waals surface area contributed by atoms with Crippen LogP contribution in [-0.4, -0.2) is 60.9 Å². The number of hydrogen-bond acceptors (Lipinski definition) is 5. The lowest BCUT2D eigenvalue weighted by Gasteiger charge is -2.33. The second-order valence-electron chi connectivity index (χ2n) is 7.03. The highest BCUT2D eigenvalue weighted by molar-refractivity contribution is 6.21. The highest BCUT2D eigenvalue weighted by atomic mass is 16.5. The van der Waals surface area contributed by atoms with Gasteiger partial charge in [0, 0.05) is 19.5 Å². The quantitative estimate of drug-likeness (QED) is 0.728. The zero-order chi connectivity index (χ0) is 20.4. The number of methoxy groups -OCH3 is 1. The van der Waals surface area contributed by atoms with E-state index in [-0.39, 0.29) is 36.8 Å². The van der Waals surface area contributed by atoms with Gasteiger partial charge in [0.2, 0.25) is 5.91 Å². The van der Waals surface area contributed by atoms with Crippen LogP contribution in [0, 0.1) is 0 Å². The standard InChI is InChI=1S/C22H22N2O5/c1-28-16-8-6-15(7-9-16)19-14-23(12-13-29-19)20(25)10-11-24-21(26)17-4-2-3-5-18(17)22(24)27/h2-9,19H,10-14H2,1H3. The van der Waals surface area contributed by atoms with Crippen LogP contribution in [0.3, 0.4) is 0 Å². The minimum absolute atomic E-state index is 0.0791. The van der Waals surface area contributed by atoms with Crippen molar-refractivity contribution < 1.29 is 23.9 Å². The monoisotopic (exact) mass is 394 g/mol. The third-order valence-electron chi connectivity index (χ3n) is 5.33. The van der Waals surface area contributed by atoms with Crippen LogP contribution in [0.4, 0.5) is 0 Å². The predicted octanol–water partition coefficient (Wildman–Crippen LogP) is 2.28. The molecule has 29 heavy (non-hydrogen) atoms. The fourth-order valence-electron chi connectivity index (χ4n) is 3.70. The zero-order valence-electron chi connectivity index (χ0n) is 16.2. The Morgan fingerprint density at radius 2 is 1.72 bits per heavy atom. The van der Waals surface area contributed by atoms with Gasteiger partial charge in [-0.2, -0.15) is 0 Å². The smallest absolute Gasteiger partial charge is 0.261 e. The van der Waals surface area contributed by atoms with E-state index in [2.05, 4.69) is 0 Å². The van der Waals surface area contributed by atoms with Gasteiger partial charge < -0.3 is 14.4 Å². The molecule has 0 bridgehead atoms. The van der Waals surface area contributed by atoms with Crippen LogP contribution in [-0.2, 0) is 9.53 Å². The molecule has 2 aliphatic rings. The Kier molecular flexibility index (Phi) is 5.31. The molecule has 0 N–H and O–H groups in total. The third kappa shape index (κ3) is 3.73. The Morgan fingerprint density at radius 3 is 2.34 bits per heavy atom. The fraction of sp³-hybridized carbons (Fsp3) is 0.318. The van der Waals surface area contributed by atoms with Crippen LogP contribution in [0.25, 0.3) is 0 Å². The molecule has 7 heteroatoms. The lowest BCUT2D eigenvalue weighted by molar-refractivity contribution is -0.139. The van der Waals surface area contributed by atoms with Gasteiger partial charge in [-0.3, -0.25) is 19.3 Å². The van der Waals surface area contributed by atoms with Gasteiger partial charge in [0.25, 0.3) is 11.8 Å². The Bertz CT molecular complexity index is 905. The summed E-state index contributed by atoms with van der Waals surface area (Å²) in [7, 11) is 1.61. The number of rotatable bonds is 5. The summed E-state index contributed by atoms with van der Waals surface area (Å²) in [6.45, 7) is 1.45. The van der Waals surface area contributed by atoms with Crippen LogP contribution < -0.4 is 4.74 Å². The number of carbonyl (C=O) groups excluding carboxylic acids is 3. The molecule has 2 heterocycles. The predicted molar refractivity (Wildman–Crippen MR) is 105 cm³/mol. The van der Waals surface area contributed by atoms with E-state index in [4.69, 9.17) is 9.47 Å². The first-order valence-corrected chi connectivity index (χ1v) is 9.57. The Hall–Kier alpha value is -3.19. The van der Waals surface area contributed by atoms with E-state index in [0.29, 0.717) is 30.8 Å². The molecule has 150 valence electrons. The summed E-state index contributed by atoms with van der Waals surface area (Å²) in [5.41, 5.74) is 1.77. The molecular weight excluding hydrogens is 372 g/mol. The first-order chi connectivity index (χ1) is 14.1. The number of morpholine rings is 1. The summed E-state index contributed by atoms with van der Waals surface area (Å²) in [4.78, 5) is 40.5. The van der Waals surface area contributed by atoms with E-state index >= 15 is 0 Å². The molecule has 1 unspecified atom stereocenters. The fourth-order valence-corrected chi connectivity index (χ4v) is 3.70. The summed E-state index contributed by atoms with van der Waals surface area (Å²) in [5.74, 6) is -0.00484. The molecule has 2 aliphatic heterocycles. The number of benzene rings is 2. The maximum atomic E-state index is 12.7. The molecule has 1 saturated heterocycles. The number of fused-ring (bicyclic) bond motifs is 1. The van der Waals surface area contributed by atoms with E-state index < -0.39 is 0 Å². The second kappa shape index (κ2) is 8.05. The summed E-state index contributed by atoms with van der Waals surface area (Å²) < 4.78 is 11.0. The molecule has 4 rings (SSSR count). The molecule has 1 atom stereocenters. The lowest BCUT2D eigenvalue weighted by Crippen LogP contribution is -2.43. The van der Waals surface area contributed by atoms with Crippen LogP contribution in [0.15, 0.2) is 48.5 Å². The van der Waals surface area contributed by atoms with Gasteiger partial charge in [-0.25, -0.2) is 0 Å². The molecule has 0 aliphatic carbocycles. The number of amides is 3. The summed E-state index contributed by atoms with van der Waals surface area (Å²) in [5, 5.41) is 0. The first kappa shape index (κ1) is 19.1. The number of ether oxygens (including phenoxy) is 2. The van der Waals surface area contributed by atoms with Crippen LogP contribution in [0.1, 0.15) is 38.8 Å². The van der Waals surface area contributed by atoms with Gasteiger partial charge in [-0.05, 0) is 29.8 Å². The Balaban J connectivity index is 1.36. The maximum absolute atomic E-state index is 12.7. The molecule has 3 amide bonds. The number of hydrogen-bond donors (Lipinski definition) is 0. The third-order valence-corrected chi connectivity index (χ3v) is 5.33. The van der Waals surface area contributed by atoms with E-state index in [1.807, 2.05) is 24.3 Å². The van der Waals surface area contributed by atoms with Gasteiger partial charge in [-0.1, -0.05) is 24.3 Å². The number of carbonyl (C=O) groups is 3. The highest BCUT2D eigenvalue weighted by Gasteiger charge is 2.35. The highest BCUT2D eigenvalue weighted by Crippen LogP contribution is 2.26. The summed E-state index contributed by atoms with van der Waals surface area (Å²) >= 11 is 0.